The summed E-state index contributed by atoms with van der Waals surface area (Å²) < 4.78 is 1.95. The van der Waals surface area contributed by atoms with Crippen LogP contribution < -0.4 is 4.87 Å². The standard InChI is InChI=1S/C10H7BrN2O3S/c11-8-2-1-7(5-9(8)13(15)16)6-12-3-4-17-10(12)14/h1-5H,6H2. The second kappa shape index (κ2) is 4.80. The number of nitrogens with zero attached hydrogens (tertiary/aromatic N) is 2. The number of thiazole rings is 1. The second-order valence-electron chi connectivity index (χ2n) is 3.34. The number of aromatic nitrogens is 1. The molecule has 0 saturated heterocycles. The summed E-state index contributed by atoms with van der Waals surface area (Å²) in [5.41, 5.74) is 0.728. The van der Waals surface area contributed by atoms with Crippen molar-refractivity contribution in [3.63, 3.8) is 0 Å². The lowest BCUT2D eigenvalue weighted by Crippen LogP contribution is -2.12. The summed E-state index contributed by atoms with van der Waals surface area (Å²) in [6.45, 7) is 0.344. The molecule has 0 radical (unpaired) electrons. The number of nitro groups is 1. The molecule has 5 nitrogen and oxygen atoms in total. The zero-order valence-corrected chi connectivity index (χ0v) is 10.9. The summed E-state index contributed by atoms with van der Waals surface area (Å²) in [5, 5.41) is 12.4. The Morgan fingerprint density at radius 3 is 2.82 bits per heavy atom. The molecule has 1 aromatic heterocycles. The Hall–Kier alpha value is -1.47. The highest BCUT2D eigenvalue weighted by molar-refractivity contribution is 9.10. The number of hydrogen-bond donors (Lipinski definition) is 0. The van der Waals surface area contributed by atoms with Gasteiger partial charge in [-0.25, -0.2) is 0 Å². The monoisotopic (exact) mass is 314 g/mol. The van der Waals surface area contributed by atoms with Gasteiger partial charge in [-0.1, -0.05) is 17.4 Å². The minimum atomic E-state index is -0.454. The summed E-state index contributed by atoms with van der Waals surface area (Å²) in [4.78, 5) is 21.6. The van der Waals surface area contributed by atoms with Gasteiger partial charge in [0.2, 0.25) is 0 Å². The van der Waals surface area contributed by atoms with Gasteiger partial charge in [-0.3, -0.25) is 14.9 Å². The molecule has 0 aliphatic carbocycles. The number of halogens is 1. The van der Waals surface area contributed by atoms with E-state index in [-0.39, 0.29) is 10.6 Å². The van der Waals surface area contributed by atoms with Crippen molar-refractivity contribution in [3.8, 4) is 0 Å². The molecule has 88 valence electrons. The fourth-order valence-corrected chi connectivity index (χ4v) is 2.38. The number of nitro benzene ring substituents is 1. The molecular weight excluding hydrogens is 308 g/mol. The average molecular weight is 315 g/mol. The highest BCUT2D eigenvalue weighted by Gasteiger charge is 2.12. The highest BCUT2D eigenvalue weighted by Crippen LogP contribution is 2.25. The van der Waals surface area contributed by atoms with Crippen LogP contribution in [0.25, 0.3) is 0 Å². The van der Waals surface area contributed by atoms with Crippen molar-refractivity contribution in [2.75, 3.05) is 0 Å². The minimum absolute atomic E-state index is 0.00535. The van der Waals surface area contributed by atoms with Crippen LogP contribution in [0.1, 0.15) is 5.56 Å². The number of benzene rings is 1. The Morgan fingerprint density at radius 2 is 2.24 bits per heavy atom. The highest BCUT2D eigenvalue weighted by atomic mass is 79.9. The van der Waals surface area contributed by atoms with E-state index in [1.165, 1.54) is 10.6 Å². The van der Waals surface area contributed by atoms with Gasteiger partial charge in [0.25, 0.3) is 5.69 Å². The first kappa shape index (κ1) is 12.0. The van der Waals surface area contributed by atoms with Crippen LogP contribution in [0.3, 0.4) is 0 Å². The van der Waals surface area contributed by atoms with E-state index < -0.39 is 4.92 Å². The number of rotatable bonds is 3. The Morgan fingerprint density at radius 1 is 1.47 bits per heavy atom. The van der Waals surface area contributed by atoms with Gasteiger partial charge in [-0.15, -0.1) is 0 Å². The maximum Gasteiger partial charge on any atom is 0.307 e. The van der Waals surface area contributed by atoms with Crippen LogP contribution in [-0.4, -0.2) is 9.49 Å². The third-order valence-electron chi connectivity index (χ3n) is 2.20. The normalized spacial score (nSPS) is 10.4. The van der Waals surface area contributed by atoms with Crippen LogP contribution >= 0.6 is 27.3 Å². The van der Waals surface area contributed by atoms with E-state index >= 15 is 0 Å². The van der Waals surface area contributed by atoms with Crippen LogP contribution in [0.15, 0.2) is 39.0 Å². The van der Waals surface area contributed by atoms with Gasteiger partial charge in [0.1, 0.15) is 0 Å². The molecule has 1 aromatic carbocycles. The summed E-state index contributed by atoms with van der Waals surface area (Å²) in [7, 11) is 0. The largest absolute Gasteiger partial charge is 0.307 e. The molecule has 0 spiro atoms. The molecule has 1 heterocycles. The van der Waals surface area contributed by atoms with Gasteiger partial charge in [0.15, 0.2) is 0 Å². The van der Waals surface area contributed by atoms with Crippen molar-refractivity contribution in [2.24, 2.45) is 0 Å². The first-order valence-corrected chi connectivity index (χ1v) is 6.32. The van der Waals surface area contributed by atoms with Crippen molar-refractivity contribution >= 4 is 33.0 Å². The minimum Gasteiger partial charge on any atom is -0.302 e. The molecule has 0 fully saturated rings. The first-order chi connectivity index (χ1) is 8.08. The van der Waals surface area contributed by atoms with E-state index in [9.17, 15) is 14.9 Å². The molecule has 0 aliphatic heterocycles. The predicted octanol–water partition coefficient (Wildman–Crippen LogP) is 2.63. The molecule has 0 unspecified atom stereocenters. The molecule has 0 atom stereocenters. The molecule has 2 rings (SSSR count). The molecule has 7 heteroatoms. The van der Waals surface area contributed by atoms with Gasteiger partial charge in [-0.2, -0.15) is 0 Å². The van der Waals surface area contributed by atoms with E-state index in [1.807, 2.05) is 0 Å². The van der Waals surface area contributed by atoms with E-state index in [1.54, 1.807) is 23.7 Å². The molecule has 0 bridgehead atoms. The summed E-state index contributed by atoms with van der Waals surface area (Å²) in [5.74, 6) is 0. The summed E-state index contributed by atoms with van der Waals surface area (Å²) in [6.07, 6.45) is 1.67. The number of hydrogen-bond acceptors (Lipinski definition) is 4. The first-order valence-electron chi connectivity index (χ1n) is 4.64. The average Bonchev–Trinajstić information content (AvgIpc) is 2.67. The Labute approximate surface area is 109 Å². The van der Waals surface area contributed by atoms with Gasteiger partial charge < -0.3 is 4.57 Å². The van der Waals surface area contributed by atoms with Crippen molar-refractivity contribution in [1.82, 2.24) is 4.57 Å². The lowest BCUT2D eigenvalue weighted by molar-refractivity contribution is -0.385. The van der Waals surface area contributed by atoms with Crippen LogP contribution in [-0.2, 0) is 6.54 Å². The van der Waals surface area contributed by atoms with Crippen molar-refractivity contribution < 1.29 is 4.92 Å². The third kappa shape index (κ3) is 2.62. The molecule has 0 saturated carbocycles. The van der Waals surface area contributed by atoms with Crippen LogP contribution in [0.4, 0.5) is 5.69 Å². The van der Waals surface area contributed by atoms with Crippen LogP contribution in [0, 0.1) is 10.1 Å². The lowest BCUT2D eigenvalue weighted by atomic mass is 10.2. The Balaban J connectivity index is 2.35. The zero-order chi connectivity index (χ0) is 12.4. The maximum atomic E-state index is 11.3. The van der Waals surface area contributed by atoms with Gasteiger partial charge in [-0.05, 0) is 27.6 Å². The molecule has 0 N–H and O–H groups in total. The molecule has 2 aromatic rings. The SMILES string of the molecule is O=c1sccn1Cc1ccc(Br)c([N+](=O)[O-])c1. The van der Waals surface area contributed by atoms with Gasteiger partial charge in [0, 0.05) is 17.6 Å². The van der Waals surface area contributed by atoms with Gasteiger partial charge in [0.05, 0.1) is 15.9 Å². The topological polar surface area (TPSA) is 65.1 Å². The molecule has 0 aliphatic rings. The second-order valence-corrected chi connectivity index (χ2v) is 5.05. The lowest BCUT2D eigenvalue weighted by Gasteiger charge is -2.02. The maximum absolute atomic E-state index is 11.3. The predicted molar refractivity (Wildman–Crippen MR) is 68.5 cm³/mol. The molecular formula is C10H7BrN2O3S. The third-order valence-corrected chi connectivity index (χ3v) is 3.57. The van der Waals surface area contributed by atoms with E-state index in [0.717, 1.165) is 16.9 Å². The van der Waals surface area contributed by atoms with Gasteiger partial charge >= 0.3 is 4.87 Å². The smallest absolute Gasteiger partial charge is 0.302 e. The Kier molecular flexibility index (Phi) is 3.39. The fourth-order valence-electron chi connectivity index (χ4n) is 1.40. The van der Waals surface area contributed by atoms with E-state index in [4.69, 9.17) is 0 Å². The Bertz CT molecular complexity index is 620. The zero-order valence-electron chi connectivity index (χ0n) is 8.50. The van der Waals surface area contributed by atoms with Crippen molar-refractivity contribution in [2.45, 2.75) is 6.54 Å². The van der Waals surface area contributed by atoms with Crippen LogP contribution in [0.5, 0.6) is 0 Å². The molecule has 0 amide bonds. The molecule has 17 heavy (non-hydrogen) atoms. The van der Waals surface area contributed by atoms with E-state index in [2.05, 4.69) is 15.9 Å². The van der Waals surface area contributed by atoms with Crippen molar-refractivity contribution in [3.05, 3.63) is 59.6 Å². The summed E-state index contributed by atoms with van der Waals surface area (Å²) in [6, 6.07) is 4.83. The van der Waals surface area contributed by atoms with E-state index in [0.29, 0.717) is 11.0 Å². The quantitative estimate of drug-likeness (QED) is 0.646. The fraction of sp³-hybridized carbons (Fsp3) is 0.100. The summed E-state index contributed by atoms with van der Waals surface area (Å²) >= 11 is 4.22. The van der Waals surface area contributed by atoms with Crippen molar-refractivity contribution in [1.29, 1.82) is 0 Å². The van der Waals surface area contributed by atoms with Crippen LogP contribution in [0.2, 0.25) is 0 Å².